The monoisotopic (exact) mass is 223 g/mol. The molecule has 64 valence electrons. The number of alkyl halides is 1. The van der Waals surface area contributed by atoms with Gasteiger partial charge in [0.2, 0.25) is 6.04 Å². The molecule has 0 amide bonds. The molecule has 0 aromatic carbocycles. The summed E-state index contributed by atoms with van der Waals surface area (Å²) in [5.74, 6) is -0.240. The predicted octanol–water partition coefficient (Wildman–Crippen LogP) is 1.25. The van der Waals surface area contributed by atoms with Crippen LogP contribution in [0.1, 0.15) is 13.3 Å². The molecule has 0 aliphatic rings. The van der Waals surface area contributed by atoms with E-state index in [1.807, 2.05) is 0 Å². The summed E-state index contributed by atoms with van der Waals surface area (Å²) in [4.78, 5) is 20.0. The molecule has 0 spiro atoms. The van der Waals surface area contributed by atoms with Gasteiger partial charge in [0.1, 0.15) is 6.29 Å². The molecule has 5 heteroatoms. The van der Waals surface area contributed by atoms with E-state index in [0.717, 1.165) is 6.29 Å². The highest BCUT2D eigenvalue weighted by atomic mass is 79.9. The fourth-order valence-corrected chi connectivity index (χ4v) is 1.10. The number of hydrogen-bond acceptors (Lipinski definition) is 3. The quantitative estimate of drug-likeness (QED) is 0.305. The van der Waals surface area contributed by atoms with Gasteiger partial charge in [0.15, 0.2) is 0 Å². The minimum atomic E-state index is -0.636. The molecule has 0 heterocycles. The van der Waals surface area contributed by atoms with Gasteiger partial charge in [0, 0.05) is 29.5 Å². The van der Waals surface area contributed by atoms with E-state index in [2.05, 4.69) is 15.9 Å². The maximum Gasteiger partial charge on any atom is 0.211 e. The molecule has 2 atom stereocenters. The Labute approximate surface area is 73.2 Å². The van der Waals surface area contributed by atoms with E-state index in [1.165, 1.54) is 6.92 Å². The summed E-state index contributed by atoms with van der Waals surface area (Å²) >= 11 is 3.10. The summed E-state index contributed by atoms with van der Waals surface area (Å²) in [6.45, 7) is 1.50. The van der Waals surface area contributed by atoms with Crippen LogP contribution in [0.25, 0.3) is 0 Å². The molecule has 0 N–H and O–H groups in total. The maximum atomic E-state index is 10.2. The molecule has 0 radical (unpaired) electrons. The van der Waals surface area contributed by atoms with Crippen LogP contribution in [0.15, 0.2) is 0 Å². The van der Waals surface area contributed by atoms with Crippen LogP contribution in [0.2, 0.25) is 0 Å². The molecule has 0 aromatic heterocycles. The van der Waals surface area contributed by atoms with Crippen molar-refractivity contribution in [2.24, 2.45) is 5.92 Å². The van der Waals surface area contributed by atoms with Gasteiger partial charge in [-0.3, -0.25) is 10.1 Å². The van der Waals surface area contributed by atoms with Crippen molar-refractivity contribution in [3.8, 4) is 0 Å². The molecule has 11 heavy (non-hydrogen) atoms. The fourth-order valence-electron chi connectivity index (χ4n) is 0.679. The largest absolute Gasteiger partial charge is 0.303 e. The standard InChI is InChI=1S/C6H10BrNO3/c1-5(8(10)11)2-6(3-7)4-9/h4-6H,2-3H2,1H3. The van der Waals surface area contributed by atoms with Crippen molar-refractivity contribution in [1.29, 1.82) is 0 Å². The van der Waals surface area contributed by atoms with Crippen LogP contribution >= 0.6 is 15.9 Å². The second-order valence-corrected chi connectivity index (χ2v) is 3.07. The Morgan fingerprint density at radius 2 is 2.27 bits per heavy atom. The smallest absolute Gasteiger partial charge is 0.211 e. The average molecular weight is 224 g/mol. The topological polar surface area (TPSA) is 60.2 Å². The number of carbonyl (C=O) groups excluding carboxylic acids is 1. The van der Waals surface area contributed by atoms with Crippen molar-refractivity contribution < 1.29 is 9.72 Å². The summed E-state index contributed by atoms with van der Waals surface area (Å²) in [5.41, 5.74) is 0. The lowest BCUT2D eigenvalue weighted by Gasteiger charge is -2.06. The minimum Gasteiger partial charge on any atom is -0.303 e. The van der Waals surface area contributed by atoms with E-state index < -0.39 is 6.04 Å². The zero-order chi connectivity index (χ0) is 8.85. The zero-order valence-electron chi connectivity index (χ0n) is 6.20. The van der Waals surface area contributed by atoms with Crippen molar-refractivity contribution >= 4 is 22.2 Å². The first-order valence-electron chi connectivity index (χ1n) is 3.26. The van der Waals surface area contributed by atoms with Crippen molar-refractivity contribution in [3.05, 3.63) is 10.1 Å². The Bertz CT molecular complexity index is 151. The van der Waals surface area contributed by atoms with Gasteiger partial charge in [-0.2, -0.15) is 0 Å². The van der Waals surface area contributed by atoms with Crippen LogP contribution < -0.4 is 0 Å². The molecule has 0 saturated carbocycles. The van der Waals surface area contributed by atoms with E-state index in [1.54, 1.807) is 0 Å². The maximum absolute atomic E-state index is 10.2. The van der Waals surface area contributed by atoms with Crippen LogP contribution in [0.5, 0.6) is 0 Å². The van der Waals surface area contributed by atoms with Crippen molar-refractivity contribution in [1.82, 2.24) is 0 Å². The third-order valence-corrected chi connectivity index (χ3v) is 2.23. The summed E-state index contributed by atoms with van der Waals surface area (Å²) in [7, 11) is 0. The summed E-state index contributed by atoms with van der Waals surface area (Å²) in [5, 5.41) is 10.6. The third-order valence-electron chi connectivity index (χ3n) is 1.39. The highest BCUT2D eigenvalue weighted by molar-refractivity contribution is 9.09. The molecule has 0 bridgehead atoms. The SMILES string of the molecule is CC(CC(C=O)CBr)[N+](=O)[O-]. The number of nitrogens with zero attached hydrogens (tertiary/aromatic N) is 1. The molecule has 0 saturated heterocycles. The lowest BCUT2D eigenvalue weighted by molar-refractivity contribution is -0.519. The van der Waals surface area contributed by atoms with E-state index in [4.69, 9.17) is 0 Å². The Balaban J connectivity index is 3.80. The van der Waals surface area contributed by atoms with Gasteiger partial charge < -0.3 is 4.79 Å². The molecule has 0 rings (SSSR count). The molecular weight excluding hydrogens is 214 g/mol. The first kappa shape index (κ1) is 10.6. The summed E-state index contributed by atoms with van der Waals surface area (Å²) in [6, 6.07) is -0.636. The van der Waals surface area contributed by atoms with Gasteiger partial charge in [0.05, 0.1) is 0 Å². The molecule has 4 nitrogen and oxygen atoms in total. The zero-order valence-corrected chi connectivity index (χ0v) is 7.78. The molecular formula is C6H10BrNO3. The van der Waals surface area contributed by atoms with Gasteiger partial charge in [-0.1, -0.05) is 15.9 Å². The van der Waals surface area contributed by atoms with E-state index >= 15 is 0 Å². The number of halogens is 1. The van der Waals surface area contributed by atoms with Crippen LogP contribution in [0.3, 0.4) is 0 Å². The molecule has 0 aliphatic carbocycles. The van der Waals surface area contributed by atoms with Crippen molar-refractivity contribution in [2.45, 2.75) is 19.4 Å². The van der Waals surface area contributed by atoms with Crippen LogP contribution in [-0.2, 0) is 4.79 Å². The lowest BCUT2D eigenvalue weighted by Crippen LogP contribution is -2.20. The second kappa shape index (κ2) is 5.23. The Morgan fingerprint density at radius 3 is 2.55 bits per heavy atom. The van der Waals surface area contributed by atoms with Gasteiger partial charge in [-0.15, -0.1) is 0 Å². The van der Waals surface area contributed by atoms with E-state index in [-0.39, 0.29) is 10.8 Å². The normalized spacial score (nSPS) is 15.5. The van der Waals surface area contributed by atoms with Gasteiger partial charge in [0.25, 0.3) is 0 Å². The first-order valence-corrected chi connectivity index (χ1v) is 4.38. The summed E-state index contributed by atoms with van der Waals surface area (Å²) in [6.07, 6.45) is 1.05. The van der Waals surface area contributed by atoms with Gasteiger partial charge in [-0.25, -0.2) is 0 Å². The van der Waals surface area contributed by atoms with Crippen LogP contribution in [-0.4, -0.2) is 22.6 Å². The predicted molar refractivity (Wildman–Crippen MR) is 44.4 cm³/mol. The minimum absolute atomic E-state index is 0.240. The highest BCUT2D eigenvalue weighted by Gasteiger charge is 2.18. The third kappa shape index (κ3) is 4.08. The molecule has 0 fully saturated rings. The highest BCUT2D eigenvalue weighted by Crippen LogP contribution is 2.08. The Morgan fingerprint density at radius 1 is 1.73 bits per heavy atom. The number of hydrogen-bond donors (Lipinski definition) is 0. The van der Waals surface area contributed by atoms with Crippen molar-refractivity contribution in [3.63, 3.8) is 0 Å². The number of carbonyl (C=O) groups is 1. The van der Waals surface area contributed by atoms with E-state index in [9.17, 15) is 14.9 Å². The first-order chi connectivity index (χ1) is 5.11. The molecule has 0 aromatic rings. The van der Waals surface area contributed by atoms with Gasteiger partial charge in [-0.05, 0) is 0 Å². The Kier molecular flexibility index (Phi) is 5.02. The number of nitro groups is 1. The van der Waals surface area contributed by atoms with Crippen LogP contribution in [0.4, 0.5) is 0 Å². The van der Waals surface area contributed by atoms with Crippen molar-refractivity contribution in [2.75, 3.05) is 5.33 Å². The van der Waals surface area contributed by atoms with Crippen LogP contribution in [0, 0.1) is 16.0 Å². The average Bonchev–Trinajstić information content (AvgIpc) is 1.99. The number of rotatable bonds is 5. The Hall–Kier alpha value is -0.450. The fraction of sp³-hybridized carbons (Fsp3) is 0.833. The lowest BCUT2D eigenvalue weighted by atomic mass is 10.1. The molecule has 0 aliphatic heterocycles. The van der Waals surface area contributed by atoms with Gasteiger partial charge >= 0.3 is 0 Å². The number of aldehydes is 1. The molecule has 2 unspecified atom stereocenters. The second-order valence-electron chi connectivity index (χ2n) is 2.42. The van der Waals surface area contributed by atoms with E-state index in [0.29, 0.717) is 11.8 Å². The summed E-state index contributed by atoms with van der Waals surface area (Å²) < 4.78 is 0.